The van der Waals surface area contributed by atoms with Gasteiger partial charge in [-0.2, -0.15) is 0 Å². The van der Waals surface area contributed by atoms with Crippen LogP contribution in [0.3, 0.4) is 0 Å². The lowest BCUT2D eigenvalue weighted by atomic mass is 9.68. The topological polar surface area (TPSA) is 105 Å². The number of aryl methyl sites for hydroxylation is 1. The van der Waals surface area contributed by atoms with Crippen LogP contribution < -0.4 is 14.4 Å². The van der Waals surface area contributed by atoms with Gasteiger partial charge < -0.3 is 19.5 Å². The number of rotatable bonds is 3. The van der Waals surface area contributed by atoms with E-state index in [0.29, 0.717) is 43.2 Å². The fourth-order valence-electron chi connectivity index (χ4n) is 7.18. The number of nitrogens with zero attached hydrogens (tertiary/aromatic N) is 1. The minimum Gasteiger partial charge on any atom is -0.490 e. The van der Waals surface area contributed by atoms with Crippen LogP contribution in [0, 0.1) is 11.8 Å². The van der Waals surface area contributed by atoms with Crippen molar-refractivity contribution in [3.05, 3.63) is 70.3 Å². The number of ether oxygens (including phenoxy) is 2. The molecular weight excluding hydrogens is 576 g/mol. The number of sulfonamides is 1. The number of hydrogen-bond donors (Lipinski definition) is 2. The molecule has 2 aromatic carbocycles. The van der Waals surface area contributed by atoms with Gasteiger partial charge in [0.15, 0.2) is 0 Å². The molecule has 2 heterocycles. The molecule has 1 saturated carbocycles. The van der Waals surface area contributed by atoms with E-state index in [2.05, 4.69) is 21.8 Å². The quantitative estimate of drug-likeness (QED) is 0.486. The fraction of sp³-hybridized carbons (Fsp3) is 0.531. The van der Waals surface area contributed by atoms with Gasteiger partial charge in [0.25, 0.3) is 5.91 Å². The van der Waals surface area contributed by atoms with Crippen molar-refractivity contribution >= 4 is 33.2 Å². The van der Waals surface area contributed by atoms with Crippen molar-refractivity contribution in [2.45, 2.75) is 56.5 Å². The molecule has 6 rings (SSSR count). The average molecular weight is 615 g/mol. The SMILES string of the molecule is O=C1NS(=O)(=O)CCC/C=C/[C@@H](OCCO)C2CC[C@H]2CN2CC3(CCCc4cc(Cl)ccc43)COc3ccc1cc32. The van der Waals surface area contributed by atoms with Crippen molar-refractivity contribution in [3.63, 3.8) is 0 Å². The maximum absolute atomic E-state index is 13.1. The summed E-state index contributed by atoms with van der Waals surface area (Å²) in [6, 6.07) is 11.4. The monoisotopic (exact) mass is 614 g/mol. The molecule has 2 bridgehead atoms. The Labute approximate surface area is 253 Å². The third kappa shape index (κ3) is 6.07. The van der Waals surface area contributed by atoms with Gasteiger partial charge in [-0.25, -0.2) is 13.1 Å². The maximum atomic E-state index is 13.1. The summed E-state index contributed by atoms with van der Waals surface area (Å²) in [5.41, 5.74) is 3.36. The predicted octanol–water partition coefficient (Wildman–Crippen LogP) is 4.63. The van der Waals surface area contributed by atoms with Gasteiger partial charge in [-0.1, -0.05) is 29.8 Å². The highest BCUT2D eigenvalue weighted by atomic mass is 35.5. The summed E-state index contributed by atoms with van der Waals surface area (Å²) in [6.07, 6.45) is 9.85. The number of aliphatic hydroxyl groups excluding tert-OH is 1. The summed E-state index contributed by atoms with van der Waals surface area (Å²) in [5.74, 6) is 0.536. The van der Waals surface area contributed by atoms with E-state index in [9.17, 15) is 18.3 Å². The number of carbonyl (C=O) groups is 1. The number of fused-ring (bicyclic) bond motifs is 4. The molecule has 2 unspecified atom stereocenters. The Bertz CT molecular complexity index is 1460. The number of carbonyl (C=O) groups excluding carboxylic acids is 1. The Morgan fingerprint density at radius 2 is 2.05 bits per heavy atom. The fourth-order valence-corrected chi connectivity index (χ4v) is 8.42. The molecule has 0 saturated heterocycles. The van der Waals surface area contributed by atoms with E-state index < -0.39 is 15.9 Å². The lowest BCUT2D eigenvalue weighted by Crippen LogP contribution is -2.49. The van der Waals surface area contributed by atoms with Gasteiger partial charge in [0.05, 0.1) is 37.4 Å². The molecule has 0 aromatic heterocycles. The molecule has 2 N–H and O–H groups in total. The molecule has 4 aliphatic rings. The predicted molar refractivity (Wildman–Crippen MR) is 163 cm³/mol. The molecule has 10 heteroatoms. The van der Waals surface area contributed by atoms with Gasteiger partial charge >= 0.3 is 0 Å². The van der Waals surface area contributed by atoms with Crippen molar-refractivity contribution in [1.82, 2.24) is 4.72 Å². The second-order valence-corrected chi connectivity index (χ2v) is 14.4. The molecule has 8 nitrogen and oxygen atoms in total. The number of nitrogens with one attached hydrogen (secondary N) is 1. The van der Waals surface area contributed by atoms with E-state index in [0.717, 1.165) is 49.4 Å². The number of allylic oxidation sites excluding steroid dienone is 1. The highest BCUT2D eigenvalue weighted by Crippen LogP contribution is 2.47. The van der Waals surface area contributed by atoms with Crippen LogP contribution in [0.15, 0.2) is 48.6 Å². The van der Waals surface area contributed by atoms with E-state index in [1.807, 2.05) is 18.2 Å². The van der Waals surface area contributed by atoms with Gasteiger partial charge in [0.1, 0.15) is 5.75 Å². The Balaban J connectivity index is 1.41. The van der Waals surface area contributed by atoms with Crippen LogP contribution >= 0.6 is 11.6 Å². The van der Waals surface area contributed by atoms with E-state index >= 15 is 0 Å². The van der Waals surface area contributed by atoms with Crippen LogP contribution in [0.2, 0.25) is 5.02 Å². The van der Waals surface area contributed by atoms with Crippen molar-refractivity contribution in [2.24, 2.45) is 11.8 Å². The summed E-state index contributed by atoms with van der Waals surface area (Å²) in [4.78, 5) is 15.5. The lowest BCUT2D eigenvalue weighted by Gasteiger charge is -2.46. The summed E-state index contributed by atoms with van der Waals surface area (Å²) in [6.45, 7) is 2.17. The number of benzene rings is 2. The molecule has 4 atom stereocenters. The highest BCUT2D eigenvalue weighted by molar-refractivity contribution is 7.90. The second kappa shape index (κ2) is 12.2. The lowest BCUT2D eigenvalue weighted by molar-refractivity contribution is -0.0257. The van der Waals surface area contributed by atoms with Gasteiger partial charge in [-0.15, -0.1) is 0 Å². The van der Waals surface area contributed by atoms with E-state index in [1.54, 1.807) is 18.2 Å². The summed E-state index contributed by atoms with van der Waals surface area (Å²) in [7, 11) is -3.80. The number of amides is 1. The van der Waals surface area contributed by atoms with Crippen LogP contribution in [0.4, 0.5) is 5.69 Å². The maximum Gasteiger partial charge on any atom is 0.264 e. The third-order valence-electron chi connectivity index (χ3n) is 9.41. The third-order valence-corrected chi connectivity index (χ3v) is 11.0. The smallest absolute Gasteiger partial charge is 0.264 e. The molecule has 1 fully saturated rings. The van der Waals surface area contributed by atoms with Crippen LogP contribution in [0.1, 0.15) is 60.0 Å². The standard InChI is InChI=1S/C32H39ClN2O6S/c33-25-9-11-27-22(17-25)5-4-13-32(27)20-35-19-24-7-10-26(24)29(40-15-14-36)6-2-1-3-16-42(38,39)34-31(37)23-8-12-30(41-21-32)28(35)18-23/h2,6,8-9,11-12,17-18,24,26,29,36H,1,3-5,7,10,13-16,19-21H2,(H,34,37)/b6-2+/t24-,26?,29+,32?/m0/s1. The molecule has 1 amide bonds. The number of aliphatic hydroxyl groups is 1. The first-order chi connectivity index (χ1) is 20.3. The first-order valence-electron chi connectivity index (χ1n) is 15.0. The molecule has 2 aliphatic heterocycles. The van der Waals surface area contributed by atoms with E-state index in [1.165, 1.54) is 11.1 Å². The minimum absolute atomic E-state index is 0.0504. The number of halogens is 1. The van der Waals surface area contributed by atoms with Gasteiger partial charge in [0.2, 0.25) is 10.0 Å². The zero-order chi connectivity index (χ0) is 29.3. The van der Waals surface area contributed by atoms with Crippen molar-refractivity contribution in [1.29, 1.82) is 0 Å². The van der Waals surface area contributed by atoms with Crippen molar-refractivity contribution in [3.8, 4) is 5.75 Å². The van der Waals surface area contributed by atoms with Crippen LogP contribution in [-0.4, -0.2) is 64.2 Å². The first kappa shape index (κ1) is 29.5. The van der Waals surface area contributed by atoms with Crippen LogP contribution in [-0.2, 0) is 26.6 Å². The van der Waals surface area contributed by atoms with Gasteiger partial charge in [-0.3, -0.25) is 4.79 Å². The average Bonchev–Trinajstić information content (AvgIpc) is 3.09. The normalized spacial score (nSPS) is 29.7. The summed E-state index contributed by atoms with van der Waals surface area (Å²) < 4.78 is 40.3. The Morgan fingerprint density at radius 1 is 1.17 bits per heavy atom. The van der Waals surface area contributed by atoms with Crippen LogP contribution in [0.5, 0.6) is 5.75 Å². The van der Waals surface area contributed by atoms with E-state index in [4.69, 9.17) is 21.1 Å². The Kier molecular flexibility index (Phi) is 8.56. The number of anilines is 1. The molecule has 226 valence electrons. The second-order valence-electron chi connectivity index (χ2n) is 12.2. The first-order valence-corrected chi connectivity index (χ1v) is 17.0. The Morgan fingerprint density at radius 3 is 2.86 bits per heavy atom. The van der Waals surface area contributed by atoms with E-state index in [-0.39, 0.29) is 36.4 Å². The number of hydrogen-bond acceptors (Lipinski definition) is 7. The highest BCUT2D eigenvalue weighted by Gasteiger charge is 2.44. The zero-order valence-electron chi connectivity index (χ0n) is 23.8. The molecule has 42 heavy (non-hydrogen) atoms. The molecule has 0 radical (unpaired) electrons. The molecule has 2 aromatic rings. The van der Waals surface area contributed by atoms with Crippen molar-refractivity contribution in [2.75, 3.05) is 43.6 Å². The zero-order valence-corrected chi connectivity index (χ0v) is 25.3. The van der Waals surface area contributed by atoms with Crippen molar-refractivity contribution < 1.29 is 27.8 Å². The van der Waals surface area contributed by atoms with Gasteiger partial charge in [-0.05, 0) is 98.2 Å². The summed E-state index contributed by atoms with van der Waals surface area (Å²) in [5, 5.41) is 10.2. The molecular formula is C32H39ClN2O6S. The summed E-state index contributed by atoms with van der Waals surface area (Å²) >= 11 is 6.39. The van der Waals surface area contributed by atoms with Gasteiger partial charge in [0, 0.05) is 29.1 Å². The van der Waals surface area contributed by atoms with Crippen LogP contribution in [0.25, 0.3) is 0 Å². The minimum atomic E-state index is -3.80. The Hall–Kier alpha value is -2.59. The largest absolute Gasteiger partial charge is 0.490 e. The molecule has 1 spiro atoms. The molecule has 2 aliphatic carbocycles.